The average Bonchev–Trinajstić information content (AvgIpc) is 3.52. The highest BCUT2D eigenvalue weighted by molar-refractivity contribution is 5.98. The molecule has 3 saturated heterocycles. The third-order valence-electron chi connectivity index (χ3n) is 9.44. The fourth-order valence-electron chi connectivity index (χ4n) is 7.78. The number of aliphatic hydroxyl groups excluding tert-OH is 1. The van der Waals surface area contributed by atoms with E-state index in [1.54, 1.807) is 6.08 Å². The summed E-state index contributed by atoms with van der Waals surface area (Å²) in [5.41, 5.74) is -1.50. The number of amides is 2. The number of carboxylic acids is 1. The quantitative estimate of drug-likeness (QED) is 0.494. The number of carbonyl (C=O) groups is 3. The molecule has 2 amide bonds. The zero-order chi connectivity index (χ0) is 26.4. The first-order valence-electron chi connectivity index (χ1n) is 13.7. The fourth-order valence-corrected chi connectivity index (χ4v) is 7.78. The van der Waals surface area contributed by atoms with Gasteiger partial charge in [-0.3, -0.25) is 14.4 Å². The third-order valence-corrected chi connectivity index (χ3v) is 9.44. The van der Waals surface area contributed by atoms with Gasteiger partial charge in [0.2, 0.25) is 11.8 Å². The lowest BCUT2D eigenvalue weighted by Crippen LogP contribution is -2.59. The molecule has 200 valence electrons. The number of aliphatic carboxylic acids is 1. The first-order chi connectivity index (χ1) is 17.8. The number of carbonyl (C=O) groups excluding carboxylic acids is 2. The molecule has 2 bridgehead atoms. The van der Waals surface area contributed by atoms with E-state index in [1.807, 2.05) is 42.2 Å². The molecule has 37 heavy (non-hydrogen) atoms. The van der Waals surface area contributed by atoms with E-state index in [2.05, 4.69) is 6.58 Å². The first kappa shape index (κ1) is 25.9. The second-order valence-electron chi connectivity index (χ2n) is 11.1. The number of hydrogen-bond acceptors (Lipinski definition) is 5. The van der Waals surface area contributed by atoms with Gasteiger partial charge in [0.1, 0.15) is 17.6 Å². The molecule has 1 aromatic rings. The Bertz CT molecular complexity index is 1060. The maximum atomic E-state index is 14.6. The van der Waals surface area contributed by atoms with Crippen LogP contribution in [0.2, 0.25) is 0 Å². The Labute approximate surface area is 218 Å². The molecule has 2 N–H and O–H groups in total. The van der Waals surface area contributed by atoms with Crippen molar-refractivity contribution in [2.75, 3.05) is 13.2 Å². The smallest absolute Gasteiger partial charge is 0.310 e. The Morgan fingerprint density at radius 3 is 2.51 bits per heavy atom. The summed E-state index contributed by atoms with van der Waals surface area (Å²) in [5.74, 6) is -3.70. The fraction of sp³-hybridized carbons (Fsp3) is 0.621. The van der Waals surface area contributed by atoms with Crippen molar-refractivity contribution in [3.63, 3.8) is 0 Å². The summed E-state index contributed by atoms with van der Waals surface area (Å²) in [4.78, 5) is 44.8. The molecule has 0 radical (unpaired) electrons. The summed E-state index contributed by atoms with van der Waals surface area (Å²) in [6.45, 7) is 5.74. The summed E-state index contributed by atoms with van der Waals surface area (Å²) in [5, 5.41) is 20.9. The van der Waals surface area contributed by atoms with Crippen LogP contribution in [0.5, 0.6) is 0 Å². The molecule has 2 unspecified atom stereocenters. The highest BCUT2D eigenvalue weighted by atomic mass is 16.5. The van der Waals surface area contributed by atoms with Crippen LogP contribution in [0, 0.1) is 11.8 Å². The first-order valence-corrected chi connectivity index (χ1v) is 13.7. The number of carboxylic acid groups (broad SMARTS) is 1. The second kappa shape index (κ2) is 9.87. The lowest BCUT2D eigenvalue weighted by atomic mass is 9.65. The maximum absolute atomic E-state index is 14.6. The molecule has 3 aliphatic heterocycles. The SMILES string of the molecule is C=CCN(C(=O)C1N([C@H](CO)c2ccccc2)C(=O)[C@@H]2[C@@H](C(=O)O)[C@@]3(CC)CCC12O3)C1CCCCC1. The second-order valence-corrected chi connectivity index (χ2v) is 11.1. The van der Waals surface area contributed by atoms with Gasteiger partial charge in [0, 0.05) is 12.6 Å². The molecule has 1 spiro atoms. The molecule has 1 saturated carbocycles. The monoisotopic (exact) mass is 510 g/mol. The average molecular weight is 511 g/mol. The molecule has 1 aromatic carbocycles. The molecule has 5 rings (SSSR count). The summed E-state index contributed by atoms with van der Waals surface area (Å²) in [7, 11) is 0. The van der Waals surface area contributed by atoms with Crippen LogP contribution in [0.1, 0.15) is 69.9 Å². The van der Waals surface area contributed by atoms with E-state index in [0.29, 0.717) is 31.4 Å². The largest absolute Gasteiger partial charge is 0.481 e. The summed E-state index contributed by atoms with van der Waals surface area (Å²) < 4.78 is 6.68. The molecule has 3 heterocycles. The van der Waals surface area contributed by atoms with E-state index in [1.165, 1.54) is 4.90 Å². The van der Waals surface area contributed by atoms with Crippen LogP contribution in [-0.4, -0.2) is 74.2 Å². The Balaban J connectivity index is 1.64. The highest BCUT2D eigenvalue weighted by Crippen LogP contribution is 2.65. The number of rotatable bonds is 9. The van der Waals surface area contributed by atoms with Crippen molar-refractivity contribution >= 4 is 17.8 Å². The normalized spacial score (nSPS) is 33.8. The van der Waals surface area contributed by atoms with Crippen LogP contribution in [-0.2, 0) is 19.1 Å². The van der Waals surface area contributed by atoms with Crippen LogP contribution >= 0.6 is 0 Å². The molecule has 4 aliphatic rings. The van der Waals surface area contributed by atoms with Crippen LogP contribution in [0.15, 0.2) is 43.0 Å². The van der Waals surface area contributed by atoms with Crippen molar-refractivity contribution < 1.29 is 29.3 Å². The number of likely N-dealkylation sites (tertiary alicyclic amines) is 1. The van der Waals surface area contributed by atoms with Gasteiger partial charge in [-0.2, -0.15) is 0 Å². The summed E-state index contributed by atoms with van der Waals surface area (Å²) in [6.07, 6.45) is 8.07. The molecule has 1 aliphatic carbocycles. The zero-order valence-electron chi connectivity index (χ0n) is 21.6. The number of fused-ring (bicyclic) bond motifs is 1. The Hall–Kier alpha value is -2.71. The molecule has 6 atom stereocenters. The van der Waals surface area contributed by atoms with E-state index in [4.69, 9.17) is 4.74 Å². The minimum absolute atomic E-state index is 0.0324. The van der Waals surface area contributed by atoms with Gasteiger partial charge < -0.3 is 24.7 Å². The van der Waals surface area contributed by atoms with Crippen molar-refractivity contribution in [1.29, 1.82) is 0 Å². The topological polar surface area (TPSA) is 107 Å². The number of nitrogens with zero attached hydrogens (tertiary/aromatic N) is 2. The molecule has 4 fully saturated rings. The predicted molar refractivity (Wildman–Crippen MR) is 136 cm³/mol. The van der Waals surface area contributed by atoms with Crippen molar-refractivity contribution in [2.45, 2.75) is 87.6 Å². The standard InChI is InChI=1S/C29H38N2O6/c1-3-17-30(20-13-9-6-10-14-20)26(34)24-29-16-15-28(4-2,37-29)23(27(35)36)22(29)25(33)31(24)21(18-32)19-11-7-5-8-12-19/h3,5,7-8,11-12,20-24,32H,1,4,6,9-10,13-18H2,2H3,(H,35,36)/t21-,22+,23+,24?,28-,29?/m1/s1. The van der Waals surface area contributed by atoms with E-state index in [0.717, 1.165) is 32.1 Å². The van der Waals surface area contributed by atoms with Gasteiger partial charge in [-0.1, -0.05) is 62.6 Å². The van der Waals surface area contributed by atoms with Gasteiger partial charge in [-0.25, -0.2) is 0 Å². The van der Waals surface area contributed by atoms with Crippen LogP contribution in [0.3, 0.4) is 0 Å². The minimum Gasteiger partial charge on any atom is -0.481 e. The van der Waals surface area contributed by atoms with Crippen LogP contribution in [0.25, 0.3) is 0 Å². The summed E-state index contributed by atoms with van der Waals surface area (Å²) >= 11 is 0. The predicted octanol–water partition coefficient (Wildman–Crippen LogP) is 3.31. The van der Waals surface area contributed by atoms with Crippen molar-refractivity contribution in [1.82, 2.24) is 9.80 Å². The maximum Gasteiger partial charge on any atom is 0.310 e. The molecular formula is C29H38N2O6. The van der Waals surface area contributed by atoms with Crippen molar-refractivity contribution in [3.8, 4) is 0 Å². The Morgan fingerprint density at radius 1 is 1.22 bits per heavy atom. The molecule has 0 aromatic heterocycles. The van der Waals surface area contributed by atoms with E-state index in [-0.39, 0.29) is 18.6 Å². The lowest BCUT2D eigenvalue weighted by Gasteiger charge is -2.42. The van der Waals surface area contributed by atoms with Crippen LogP contribution in [0.4, 0.5) is 0 Å². The van der Waals surface area contributed by atoms with Crippen LogP contribution < -0.4 is 0 Å². The number of ether oxygens (including phenoxy) is 1. The number of hydrogen-bond donors (Lipinski definition) is 2. The third kappa shape index (κ3) is 3.83. The van der Waals surface area contributed by atoms with Gasteiger partial charge in [-0.15, -0.1) is 6.58 Å². The Kier molecular flexibility index (Phi) is 6.92. The lowest BCUT2D eigenvalue weighted by molar-refractivity contribution is -0.161. The van der Waals surface area contributed by atoms with Gasteiger partial charge in [0.25, 0.3) is 0 Å². The summed E-state index contributed by atoms with van der Waals surface area (Å²) in [6, 6.07) is 7.39. The zero-order valence-corrected chi connectivity index (χ0v) is 21.6. The van der Waals surface area contributed by atoms with Gasteiger partial charge in [0.15, 0.2) is 0 Å². The molecule has 8 nitrogen and oxygen atoms in total. The van der Waals surface area contributed by atoms with Crippen molar-refractivity contribution in [2.24, 2.45) is 11.8 Å². The minimum atomic E-state index is -1.23. The molecule has 8 heteroatoms. The highest BCUT2D eigenvalue weighted by Gasteiger charge is 2.79. The number of benzene rings is 1. The molecular weight excluding hydrogens is 472 g/mol. The van der Waals surface area contributed by atoms with Gasteiger partial charge in [0.05, 0.1) is 24.2 Å². The van der Waals surface area contributed by atoms with E-state index in [9.17, 15) is 24.6 Å². The van der Waals surface area contributed by atoms with Gasteiger partial charge >= 0.3 is 5.97 Å². The van der Waals surface area contributed by atoms with Crippen molar-refractivity contribution in [3.05, 3.63) is 48.6 Å². The van der Waals surface area contributed by atoms with Gasteiger partial charge in [-0.05, 0) is 37.7 Å². The Morgan fingerprint density at radius 2 is 1.92 bits per heavy atom. The number of aliphatic hydroxyl groups is 1. The van der Waals surface area contributed by atoms with E-state index >= 15 is 0 Å². The van der Waals surface area contributed by atoms with E-state index < -0.39 is 47.0 Å².